The summed E-state index contributed by atoms with van der Waals surface area (Å²) in [6.45, 7) is 0. The maximum Gasteiger partial charge on any atom is 0.345 e. The van der Waals surface area contributed by atoms with Crippen molar-refractivity contribution in [1.82, 2.24) is 9.97 Å². The number of nitrogens with zero attached hydrogens (tertiary/aromatic N) is 2. The second-order valence-electron chi connectivity index (χ2n) is 3.13. The van der Waals surface area contributed by atoms with Crippen molar-refractivity contribution in [3.05, 3.63) is 27.4 Å². The molecule has 0 atom stereocenters. The molecule has 0 aromatic carbocycles. The van der Waals surface area contributed by atoms with Gasteiger partial charge in [0.05, 0.1) is 18.2 Å². The summed E-state index contributed by atoms with van der Waals surface area (Å²) >= 11 is 0. The number of aryl methyl sites for hydroxylation is 1. The Morgan fingerprint density at radius 1 is 1.54 bits per heavy atom. The van der Waals surface area contributed by atoms with Crippen molar-refractivity contribution in [1.29, 1.82) is 5.26 Å². The van der Waals surface area contributed by atoms with Gasteiger partial charge in [0, 0.05) is 5.69 Å². The van der Waals surface area contributed by atoms with Gasteiger partial charge in [0.25, 0.3) is 0 Å². The first-order chi connectivity index (χ1) is 6.31. The summed E-state index contributed by atoms with van der Waals surface area (Å²) in [7, 11) is 0. The van der Waals surface area contributed by atoms with Gasteiger partial charge in [-0.2, -0.15) is 10.2 Å². The number of aromatic nitrogens is 2. The van der Waals surface area contributed by atoms with Crippen molar-refractivity contribution in [3.63, 3.8) is 0 Å². The summed E-state index contributed by atoms with van der Waals surface area (Å²) in [4.78, 5) is 17.6. The highest BCUT2D eigenvalue weighted by Gasteiger charge is 2.16. The predicted molar refractivity (Wildman–Crippen MR) is 46.2 cm³/mol. The fourth-order valence-corrected chi connectivity index (χ4v) is 1.77. The number of hydrogen-bond acceptors (Lipinski definition) is 3. The molecule has 0 saturated carbocycles. The molecule has 0 bridgehead atoms. The number of rotatable bonds is 1. The molecule has 4 heteroatoms. The Balaban J connectivity index is 2.57. The van der Waals surface area contributed by atoms with Gasteiger partial charge in [-0.1, -0.05) is 0 Å². The van der Waals surface area contributed by atoms with E-state index in [1.54, 1.807) is 0 Å². The van der Waals surface area contributed by atoms with Crippen LogP contribution in [0.2, 0.25) is 0 Å². The average molecular weight is 175 g/mol. The van der Waals surface area contributed by atoms with E-state index in [0.29, 0.717) is 5.69 Å². The van der Waals surface area contributed by atoms with E-state index >= 15 is 0 Å². The maximum absolute atomic E-state index is 11.0. The van der Waals surface area contributed by atoms with Gasteiger partial charge in [0.2, 0.25) is 0 Å². The Labute approximate surface area is 75.2 Å². The average Bonchev–Trinajstić information content (AvgIpc) is 2.52. The smallest absolute Gasteiger partial charge is 0.310 e. The highest BCUT2D eigenvalue weighted by molar-refractivity contribution is 5.30. The molecule has 1 aromatic heterocycles. The summed E-state index contributed by atoms with van der Waals surface area (Å²) in [5, 5.41) is 8.54. The second kappa shape index (κ2) is 3.02. The van der Waals surface area contributed by atoms with Gasteiger partial charge in [-0.05, 0) is 24.8 Å². The Morgan fingerprint density at radius 2 is 2.38 bits per heavy atom. The van der Waals surface area contributed by atoms with Crippen LogP contribution in [0.1, 0.15) is 23.4 Å². The number of H-pyrrole nitrogens is 1. The minimum atomic E-state index is -0.328. The molecule has 4 nitrogen and oxygen atoms in total. The minimum Gasteiger partial charge on any atom is -0.310 e. The number of aromatic amines is 1. The largest absolute Gasteiger partial charge is 0.345 e. The molecule has 13 heavy (non-hydrogen) atoms. The van der Waals surface area contributed by atoms with Gasteiger partial charge in [-0.25, -0.2) is 4.79 Å². The molecule has 1 aliphatic rings. The first kappa shape index (κ1) is 7.99. The lowest BCUT2D eigenvalue weighted by atomic mass is 10.1. The van der Waals surface area contributed by atoms with E-state index in [1.807, 2.05) is 6.07 Å². The van der Waals surface area contributed by atoms with Crippen LogP contribution in [0.15, 0.2) is 4.79 Å². The van der Waals surface area contributed by atoms with Gasteiger partial charge in [0.15, 0.2) is 0 Å². The van der Waals surface area contributed by atoms with Crippen molar-refractivity contribution in [2.24, 2.45) is 0 Å². The summed E-state index contributed by atoms with van der Waals surface area (Å²) in [5.74, 6) is 0. The molecule has 1 heterocycles. The van der Waals surface area contributed by atoms with E-state index in [1.165, 1.54) is 0 Å². The van der Waals surface area contributed by atoms with Gasteiger partial charge in [-0.3, -0.25) is 0 Å². The third kappa shape index (κ3) is 1.33. The lowest BCUT2D eigenvalue weighted by molar-refractivity contribution is 0.895. The van der Waals surface area contributed by atoms with Crippen LogP contribution in [0, 0.1) is 11.3 Å². The fourth-order valence-electron chi connectivity index (χ4n) is 1.77. The lowest BCUT2D eigenvalue weighted by Crippen LogP contribution is -2.16. The summed E-state index contributed by atoms with van der Waals surface area (Å²) < 4.78 is 0. The third-order valence-corrected chi connectivity index (χ3v) is 2.31. The highest BCUT2D eigenvalue weighted by Crippen LogP contribution is 2.20. The van der Waals surface area contributed by atoms with Gasteiger partial charge in [-0.15, -0.1) is 0 Å². The molecular weight excluding hydrogens is 166 g/mol. The number of nitriles is 1. The van der Waals surface area contributed by atoms with Crippen molar-refractivity contribution >= 4 is 0 Å². The molecule has 2 rings (SSSR count). The molecule has 0 saturated heterocycles. The molecule has 0 radical (unpaired) electrons. The SMILES string of the molecule is N#CCc1nc(=O)[nH]c2c1CCC2. The second-order valence-corrected chi connectivity index (χ2v) is 3.13. The first-order valence-electron chi connectivity index (χ1n) is 4.29. The van der Waals surface area contributed by atoms with Crippen molar-refractivity contribution < 1.29 is 0 Å². The van der Waals surface area contributed by atoms with Crippen LogP contribution in [0.25, 0.3) is 0 Å². The monoisotopic (exact) mass is 175 g/mol. The Bertz CT molecular complexity index is 427. The Hall–Kier alpha value is -1.63. The van der Waals surface area contributed by atoms with Crippen LogP contribution in [-0.4, -0.2) is 9.97 Å². The van der Waals surface area contributed by atoms with E-state index in [2.05, 4.69) is 9.97 Å². The Kier molecular flexibility index (Phi) is 1.85. The quantitative estimate of drug-likeness (QED) is 0.668. The van der Waals surface area contributed by atoms with Crippen LogP contribution in [0.5, 0.6) is 0 Å². The van der Waals surface area contributed by atoms with Crippen LogP contribution >= 0.6 is 0 Å². The first-order valence-corrected chi connectivity index (χ1v) is 4.29. The zero-order valence-electron chi connectivity index (χ0n) is 7.13. The topological polar surface area (TPSA) is 69.5 Å². The van der Waals surface area contributed by atoms with E-state index in [-0.39, 0.29) is 12.1 Å². The number of fused-ring (bicyclic) bond motifs is 1. The van der Waals surface area contributed by atoms with Gasteiger partial charge < -0.3 is 4.98 Å². The molecule has 0 amide bonds. The summed E-state index contributed by atoms with van der Waals surface area (Å²) in [5.41, 5.74) is 2.40. The standard InChI is InChI=1S/C9H9N3O/c10-5-4-8-6-2-1-3-7(6)11-9(13)12-8/h1-4H2,(H,11,12,13). The van der Waals surface area contributed by atoms with E-state index in [4.69, 9.17) is 5.26 Å². The predicted octanol–water partition coefficient (Wildman–Crippen LogP) is 0.325. The summed E-state index contributed by atoms with van der Waals surface area (Å²) in [6, 6.07) is 2.03. The van der Waals surface area contributed by atoms with Crippen LogP contribution in [0.3, 0.4) is 0 Å². The van der Waals surface area contributed by atoms with Crippen LogP contribution in [-0.2, 0) is 19.3 Å². The zero-order valence-corrected chi connectivity index (χ0v) is 7.13. The van der Waals surface area contributed by atoms with E-state index in [9.17, 15) is 4.79 Å². The van der Waals surface area contributed by atoms with E-state index < -0.39 is 0 Å². The molecule has 1 aliphatic carbocycles. The zero-order chi connectivity index (χ0) is 9.26. The molecule has 66 valence electrons. The normalized spacial score (nSPS) is 13.8. The molecule has 1 aromatic rings. The number of nitrogens with one attached hydrogen (secondary N) is 1. The van der Waals surface area contributed by atoms with Crippen molar-refractivity contribution in [2.45, 2.75) is 25.7 Å². The summed E-state index contributed by atoms with van der Waals surface area (Å²) in [6.07, 6.45) is 3.14. The fraction of sp³-hybridized carbons (Fsp3) is 0.444. The van der Waals surface area contributed by atoms with Crippen LogP contribution in [0.4, 0.5) is 0 Å². The molecule has 0 aliphatic heterocycles. The molecule has 0 spiro atoms. The van der Waals surface area contributed by atoms with Crippen molar-refractivity contribution in [3.8, 4) is 6.07 Å². The molecule has 0 unspecified atom stereocenters. The minimum absolute atomic E-state index is 0.242. The van der Waals surface area contributed by atoms with Gasteiger partial charge >= 0.3 is 5.69 Å². The Morgan fingerprint density at radius 3 is 3.15 bits per heavy atom. The molecule has 1 N–H and O–H groups in total. The third-order valence-electron chi connectivity index (χ3n) is 2.31. The number of hydrogen-bond donors (Lipinski definition) is 1. The molecule has 0 fully saturated rings. The van der Waals surface area contributed by atoms with Crippen LogP contribution < -0.4 is 5.69 Å². The van der Waals surface area contributed by atoms with Gasteiger partial charge in [0.1, 0.15) is 0 Å². The van der Waals surface area contributed by atoms with Crippen molar-refractivity contribution in [2.75, 3.05) is 0 Å². The molecular formula is C9H9N3O. The van der Waals surface area contributed by atoms with E-state index in [0.717, 1.165) is 30.5 Å². The highest BCUT2D eigenvalue weighted by atomic mass is 16.1. The maximum atomic E-state index is 11.0. The lowest BCUT2D eigenvalue weighted by Gasteiger charge is -2.01.